The summed E-state index contributed by atoms with van der Waals surface area (Å²) in [5.74, 6) is 0.680. The van der Waals surface area contributed by atoms with E-state index in [2.05, 4.69) is 10.0 Å². The second kappa shape index (κ2) is 7.77. The zero-order valence-corrected chi connectivity index (χ0v) is 14.1. The molecule has 0 amide bonds. The van der Waals surface area contributed by atoms with Gasteiger partial charge in [-0.05, 0) is 64.5 Å². The van der Waals surface area contributed by atoms with Gasteiger partial charge in [0.25, 0.3) is 0 Å². The first-order valence-electron chi connectivity index (χ1n) is 7.22. The summed E-state index contributed by atoms with van der Waals surface area (Å²) < 4.78 is 32.8. The molecular formula is C15H26N2O3S. The lowest BCUT2D eigenvalue weighted by molar-refractivity contribution is 0.309. The lowest BCUT2D eigenvalue weighted by atomic mass is 10.0. The summed E-state index contributed by atoms with van der Waals surface area (Å²) in [6.07, 6.45) is 1.63. The lowest BCUT2D eigenvalue weighted by Crippen LogP contribution is -2.42. The van der Waals surface area contributed by atoms with Crippen LogP contribution in [0.5, 0.6) is 5.75 Å². The predicted molar refractivity (Wildman–Crippen MR) is 85.2 cm³/mol. The first-order valence-corrected chi connectivity index (χ1v) is 8.70. The molecular weight excluding hydrogens is 288 g/mol. The fourth-order valence-corrected chi connectivity index (χ4v) is 3.13. The van der Waals surface area contributed by atoms with Crippen molar-refractivity contribution in [2.24, 2.45) is 0 Å². The first kappa shape index (κ1) is 17.9. The van der Waals surface area contributed by atoms with Crippen molar-refractivity contribution in [1.29, 1.82) is 0 Å². The topological polar surface area (TPSA) is 67.4 Å². The van der Waals surface area contributed by atoms with Crippen molar-refractivity contribution in [2.75, 3.05) is 20.2 Å². The Bertz CT molecular complexity index is 524. The number of nitrogens with one attached hydrogen (secondary N) is 2. The molecule has 0 radical (unpaired) electrons. The third-order valence-corrected chi connectivity index (χ3v) is 4.98. The van der Waals surface area contributed by atoms with Crippen LogP contribution in [0.15, 0.2) is 29.2 Å². The van der Waals surface area contributed by atoms with Crippen LogP contribution < -0.4 is 14.8 Å². The summed E-state index contributed by atoms with van der Waals surface area (Å²) in [5, 5.41) is 3.04. The standard InChI is InChI=1S/C15H26N2O3S/c1-5-15(2,3)17-21(18,19)14-9-7-13(8-10-14)20-12-6-11-16-4/h7-10,16-17H,5-6,11-12H2,1-4H3. The second-order valence-corrected chi connectivity index (χ2v) is 7.30. The Morgan fingerprint density at radius 1 is 1.19 bits per heavy atom. The molecule has 0 spiro atoms. The van der Waals surface area contributed by atoms with Crippen molar-refractivity contribution in [1.82, 2.24) is 10.0 Å². The average Bonchev–Trinajstić information content (AvgIpc) is 2.43. The van der Waals surface area contributed by atoms with E-state index in [1.54, 1.807) is 24.3 Å². The molecule has 5 nitrogen and oxygen atoms in total. The van der Waals surface area contributed by atoms with Gasteiger partial charge in [-0.15, -0.1) is 0 Å². The van der Waals surface area contributed by atoms with Crippen LogP contribution in [0.25, 0.3) is 0 Å². The molecule has 0 atom stereocenters. The molecule has 0 saturated heterocycles. The number of hydrogen-bond donors (Lipinski definition) is 2. The van der Waals surface area contributed by atoms with E-state index in [-0.39, 0.29) is 4.90 Å². The van der Waals surface area contributed by atoms with Crippen molar-refractivity contribution in [3.05, 3.63) is 24.3 Å². The van der Waals surface area contributed by atoms with E-state index in [0.29, 0.717) is 12.4 Å². The molecule has 0 saturated carbocycles. The molecule has 0 aromatic heterocycles. The third-order valence-electron chi connectivity index (χ3n) is 3.27. The first-order chi connectivity index (χ1) is 9.80. The van der Waals surface area contributed by atoms with Gasteiger partial charge >= 0.3 is 0 Å². The molecule has 0 fully saturated rings. The Morgan fingerprint density at radius 3 is 2.33 bits per heavy atom. The maximum Gasteiger partial charge on any atom is 0.241 e. The fourth-order valence-electron chi connectivity index (χ4n) is 1.65. The minimum Gasteiger partial charge on any atom is -0.494 e. The van der Waals surface area contributed by atoms with Gasteiger partial charge in [-0.1, -0.05) is 6.92 Å². The molecule has 0 aliphatic carbocycles. The molecule has 21 heavy (non-hydrogen) atoms. The molecule has 0 aliphatic heterocycles. The van der Waals surface area contributed by atoms with E-state index in [4.69, 9.17) is 4.74 Å². The summed E-state index contributed by atoms with van der Waals surface area (Å²) in [7, 11) is -1.60. The van der Waals surface area contributed by atoms with Crippen molar-refractivity contribution in [3.8, 4) is 5.75 Å². The summed E-state index contributed by atoms with van der Waals surface area (Å²) in [5.41, 5.74) is -0.457. The fraction of sp³-hybridized carbons (Fsp3) is 0.600. The van der Waals surface area contributed by atoms with Crippen LogP contribution in [-0.4, -0.2) is 34.2 Å². The molecule has 1 aromatic carbocycles. The molecule has 1 rings (SSSR count). The average molecular weight is 314 g/mol. The monoisotopic (exact) mass is 314 g/mol. The van der Waals surface area contributed by atoms with Crippen LogP contribution in [0, 0.1) is 0 Å². The molecule has 6 heteroatoms. The summed E-state index contributed by atoms with van der Waals surface area (Å²) in [4.78, 5) is 0.256. The van der Waals surface area contributed by atoms with E-state index < -0.39 is 15.6 Å². The van der Waals surface area contributed by atoms with E-state index in [9.17, 15) is 8.42 Å². The van der Waals surface area contributed by atoms with Gasteiger partial charge in [-0.3, -0.25) is 0 Å². The molecule has 0 aliphatic rings. The van der Waals surface area contributed by atoms with E-state index in [1.807, 2.05) is 27.8 Å². The number of sulfonamides is 1. The van der Waals surface area contributed by atoms with Crippen molar-refractivity contribution in [3.63, 3.8) is 0 Å². The van der Waals surface area contributed by atoms with Crippen LogP contribution in [0.1, 0.15) is 33.6 Å². The quantitative estimate of drug-likeness (QED) is 0.685. The summed E-state index contributed by atoms with van der Waals surface area (Å²) >= 11 is 0. The highest BCUT2D eigenvalue weighted by Gasteiger charge is 2.24. The van der Waals surface area contributed by atoms with Crippen molar-refractivity contribution in [2.45, 2.75) is 44.0 Å². The Morgan fingerprint density at radius 2 is 1.81 bits per heavy atom. The van der Waals surface area contributed by atoms with Gasteiger partial charge in [0, 0.05) is 5.54 Å². The normalized spacial score (nSPS) is 12.4. The maximum atomic E-state index is 12.3. The maximum absolute atomic E-state index is 12.3. The molecule has 0 unspecified atom stereocenters. The lowest BCUT2D eigenvalue weighted by Gasteiger charge is -2.24. The molecule has 2 N–H and O–H groups in total. The van der Waals surface area contributed by atoms with Crippen LogP contribution in [0.4, 0.5) is 0 Å². The van der Waals surface area contributed by atoms with Crippen LogP contribution >= 0.6 is 0 Å². The number of ether oxygens (including phenoxy) is 1. The van der Waals surface area contributed by atoms with Crippen molar-refractivity contribution >= 4 is 10.0 Å². The summed E-state index contributed by atoms with van der Waals surface area (Å²) in [6, 6.07) is 6.52. The predicted octanol–water partition coefficient (Wildman–Crippen LogP) is 2.14. The van der Waals surface area contributed by atoms with Crippen LogP contribution in [-0.2, 0) is 10.0 Å². The third kappa shape index (κ3) is 6.03. The molecule has 120 valence electrons. The number of rotatable bonds is 9. The highest BCUT2D eigenvalue weighted by molar-refractivity contribution is 7.89. The van der Waals surface area contributed by atoms with Gasteiger partial charge in [0.05, 0.1) is 11.5 Å². The Labute approximate surface area is 128 Å². The summed E-state index contributed by atoms with van der Waals surface area (Å²) in [6.45, 7) is 7.18. The van der Waals surface area contributed by atoms with Gasteiger partial charge in [0.15, 0.2) is 0 Å². The van der Waals surface area contributed by atoms with Crippen molar-refractivity contribution < 1.29 is 13.2 Å². The van der Waals surface area contributed by atoms with Gasteiger partial charge in [-0.2, -0.15) is 0 Å². The van der Waals surface area contributed by atoms with Gasteiger partial charge in [0.1, 0.15) is 5.75 Å². The highest BCUT2D eigenvalue weighted by Crippen LogP contribution is 2.19. The largest absolute Gasteiger partial charge is 0.494 e. The van der Waals surface area contributed by atoms with Crippen LogP contribution in [0.2, 0.25) is 0 Å². The van der Waals surface area contributed by atoms with Gasteiger partial charge in [0.2, 0.25) is 10.0 Å². The second-order valence-electron chi connectivity index (χ2n) is 5.62. The minimum absolute atomic E-state index is 0.256. The van der Waals surface area contributed by atoms with Gasteiger partial charge in [-0.25, -0.2) is 13.1 Å². The Kier molecular flexibility index (Phi) is 6.64. The molecule has 0 bridgehead atoms. The zero-order valence-electron chi connectivity index (χ0n) is 13.3. The molecule has 0 heterocycles. The Hall–Kier alpha value is -1.11. The Balaban J connectivity index is 2.68. The van der Waals surface area contributed by atoms with Gasteiger partial charge < -0.3 is 10.1 Å². The van der Waals surface area contributed by atoms with E-state index in [0.717, 1.165) is 19.4 Å². The van der Waals surface area contributed by atoms with E-state index >= 15 is 0 Å². The zero-order chi connectivity index (χ0) is 15.9. The highest BCUT2D eigenvalue weighted by atomic mass is 32.2. The number of benzene rings is 1. The minimum atomic E-state index is -3.49. The molecule has 1 aromatic rings. The van der Waals surface area contributed by atoms with E-state index in [1.165, 1.54) is 0 Å². The number of hydrogen-bond acceptors (Lipinski definition) is 4. The van der Waals surface area contributed by atoms with Crippen LogP contribution in [0.3, 0.4) is 0 Å². The smallest absolute Gasteiger partial charge is 0.241 e. The SMILES string of the molecule is CCC(C)(C)NS(=O)(=O)c1ccc(OCCCNC)cc1.